The topological polar surface area (TPSA) is 76.1 Å². The SMILES string of the molecule is CCCCCCCCC(CCCCCCCC)OC(=O)CCCCN(CCO)CCCCCCCCC(=O)OCC(C)C. The second kappa shape index (κ2) is 32.3. The Morgan fingerprint density at radius 1 is 0.581 bits per heavy atom. The van der Waals surface area contributed by atoms with E-state index in [0.29, 0.717) is 31.9 Å². The van der Waals surface area contributed by atoms with Gasteiger partial charge in [-0.15, -0.1) is 0 Å². The predicted octanol–water partition coefficient (Wildman–Crippen LogP) is 9.79. The van der Waals surface area contributed by atoms with Crippen molar-refractivity contribution in [2.24, 2.45) is 5.92 Å². The maximum atomic E-state index is 12.7. The van der Waals surface area contributed by atoms with Crippen LogP contribution < -0.4 is 0 Å². The summed E-state index contributed by atoms with van der Waals surface area (Å²) in [6.07, 6.45) is 26.9. The molecule has 0 aliphatic heterocycles. The summed E-state index contributed by atoms with van der Waals surface area (Å²) in [6.45, 7) is 11.9. The van der Waals surface area contributed by atoms with Gasteiger partial charge in [0.1, 0.15) is 6.10 Å². The third kappa shape index (κ3) is 30.7. The molecule has 1 N–H and O–H groups in total. The Kier molecular flexibility index (Phi) is 31.4. The molecule has 0 spiro atoms. The molecule has 0 aromatic rings. The third-order valence-corrected chi connectivity index (χ3v) is 8.26. The summed E-state index contributed by atoms with van der Waals surface area (Å²) in [6, 6.07) is 0. The lowest BCUT2D eigenvalue weighted by molar-refractivity contribution is -0.150. The molecule has 0 saturated heterocycles. The number of hydrogen-bond donors (Lipinski definition) is 1. The molecule has 256 valence electrons. The van der Waals surface area contributed by atoms with Gasteiger partial charge in [0.25, 0.3) is 0 Å². The lowest BCUT2D eigenvalue weighted by Gasteiger charge is -2.21. The number of carbonyl (C=O) groups excluding carboxylic acids is 2. The van der Waals surface area contributed by atoms with Crippen LogP contribution in [-0.4, -0.2) is 60.9 Å². The molecule has 0 bridgehead atoms. The summed E-state index contributed by atoms with van der Waals surface area (Å²) in [7, 11) is 0. The number of ether oxygens (including phenoxy) is 2. The first kappa shape index (κ1) is 41.9. The van der Waals surface area contributed by atoms with Crippen LogP contribution in [0.5, 0.6) is 0 Å². The average molecular weight is 612 g/mol. The zero-order chi connectivity index (χ0) is 31.8. The normalized spacial score (nSPS) is 11.6. The third-order valence-electron chi connectivity index (χ3n) is 8.26. The minimum absolute atomic E-state index is 0.0242. The second-order valence-corrected chi connectivity index (χ2v) is 13.2. The molecule has 0 heterocycles. The van der Waals surface area contributed by atoms with Crippen molar-refractivity contribution in [2.75, 3.05) is 32.8 Å². The molecule has 0 unspecified atom stereocenters. The van der Waals surface area contributed by atoms with E-state index in [9.17, 15) is 14.7 Å². The molecule has 0 aromatic carbocycles. The van der Waals surface area contributed by atoms with Crippen LogP contribution in [0.15, 0.2) is 0 Å². The Morgan fingerprint density at radius 2 is 1.02 bits per heavy atom. The minimum Gasteiger partial charge on any atom is -0.465 e. The van der Waals surface area contributed by atoms with Gasteiger partial charge >= 0.3 is 11.9 Å². The summed E-state index contributed by atoms with van der Waals surface area (Å²) in [5.41, 5.74) is 0. The van der Waals surface area contributed by atoms with Crippen LogP contribution in [0.25, 0.3) is 0 Å². The van der Waals surface area contributed by atoms with Gasteiger partial charge in [0.2, 0.25) is 0 Å². The number of aliphatic hydroxyl groups excluding tert-OH is 1. The lowest BCUT2D eigenvalue weighted by atomic mass is 10.0. The van der Waals surface area contributed by atoms with Crippen LogP contribution in [0.2, 0.25) is 0 Å². The van der Waals surface area contributed by atoms with E-state index in [0.717, 1.165) is 64.5 Å². The van der Waals surface area contributed by atoms with Crippen LogP contribution in [0.4, 0.5) is 0 Å². The molecule has 0 amide bonds. The van der Waals surface area contributed by atoms with Gasteiger partial charge in [0.05, 0.1) is 13.2 Å². The average Bonchev–Trinajstić information content (AvgIpc) is 2.98. The summed E-state index contributed by atoms with van der Waals surface area (Å²) in [5.74, 6) is 0.300. The van der Waals surface area contributed by atoms with Gasteiger partial charge in [-0.3, -0.25) is 9.59 Å². The van der Waals surface area contributed by atoms with Crippen LogP contribution >= 0.6 is 0 Å². The predicted molar refractivity (Wildman–Crippen MR) is 181 cm³/mol. The van der Waals surface area contributed by atoms with Crippen molar-refractivity contribution in [2.45, 2.75) is 188 Å². The molecule has 6 nitrogen and oxygen atoms in total. The van der Waals surface area contributed by atoms with Gasteiger partial charge in [-0.2, -0.15) is 0 Å². The number of carbonyl (C=O) groups is 2. The van der Waals surface area contributed by atoms with Gasteiger partial charge in [0, 0.05) is 19.4 Å². The van der Waals surface area contributed by atoms with Crippen LogP contribution in [0.1, 0.15) is 182 Å². The molecule has 43 heavy (non-hydrogen) atoms. The molecule has 0 atom stereocenters. The van der Waals surface area contributed by atoms with Crippen molar-refractivity contribution in [3.8, 4) is 0 Å². The zero-order valence-electron chi connectivity index (χ0n) is 29.2. The van der Waals surface area contributed by atoms with Gasteiger partial charge in [-0.25, -0.2) is 0 Å². The Bertz CT molecular complexity index is 596. The van der Waals surface area contributed by atoms with Crippen molar-refractivity contribution >= 4 is 11.9 Å². The fraction of sp³-hybridized carbons (Fsp3) is 0.946. The van der Waals surface area contributed by atoms with E-state index in [1.54, 1.807) is 0 Å². The Hall–Kier alpha value is -1.14. The van der Waals surface area contributed by atoms with E-state index in [1.807, 2.05) is 0 Å². The van der Waals surface area contributed by atoms with Crippen molar-refractivity contribution in [3.05, 3.63) is 0 Å². The molecule has 0 radical (unpaired) electrons. The van der Waals surface area contributed by atoms with E-state index in [1.165, 1.54) is 89.9 Å². The minimum atomic E-state index is -0.0669. The van der Waals surface area contributed by atoms with Gasteiger partial charge < -0.3 is 19.5 Å². The number of nitrogens with zero attached hydrogens (tertiary/aromatic N) is 1. The van der Waals surface area contributed by atoms with Crippen molar-refractivity contribution in [3.63, 3.8) is 0 Å². The highest BCUT2D eigenvalue weighted by atomic mass is 16.5. The Labute approximate surface area is 267 Å². The van der Waals surface area contributed by atoms with Crippen LogP contribution in [0.3, 0.4) is 0 Å². The Balaban J connectivity index is 4.13. The van der Waals surface area contributed by atoms with E-state index < -0.39 is 0 Å². The van der Waals surface area contributed by atoms with Crippen LogP contribution in [-0.2, 0) is 19.1 Å². The monoisotopic (exact) mass is 612 g/mol. The lowest BCUT2D eigenvalue weighted by Crippen LogP contribution is -2.29. The molecular weight excluding hydrogens is 538 g/mol. The van der Waals surface area contributed by atoms with Gasteiger partial charge in [-0.05, 0) is 70.4 Å². The summed E-state index contributed by atoms with van der Waals surface area (Å²) in [4.78, 5) is 26.7. The number of hydrogen-bond acceptors (Lipinski definition) is 6. The number of esters is 2. The van der Waals surface area contributed by atoms with E-state index in [-0.39, 0.29) is 24.6 Å². The fourth-order valence-corrected chi connectivity index (χ4v) is 5.54. The maximum Gasteiger partial charge on any atom is 0.306 e. The zero-order valence-corrected chi connectivity index (χ0v) is 29.2. The first-order chi connectivity index (χ1) is 20.9. The molecule has 6 heteroatoms. The summed E-state index contributed by atoms with van der Waals surface area (Å²) in [5, 5.41) is 9.50. The molecular formula is C37H73NO5. The first-order valence-corrected chi connectivity index (χ1v) is 18.6. The highest BCUT2D eigenvalue weighted by molar-refractivity contribution is 5.69. The first-order valence-electron chi connectivity index (χ1n) is 18.6. The van der Waals surface area contributed by atoms with E-state index >= 15 is 0 Å². The van der Waals surface area contributed by atoms with E-state index in [2.05, 4.69) is 32.6 Å². The summed E-state index contributed by atoms with van der Waals surface area (Å²) < 4.78 is 11.2. The Morgan fingerprint density at radius 3 is 1.56 bits per heavy atom. The van der Waals surface area contributed by atoms with Gasteiger partial charge in [0.15, 0.2) is 0 Å². The molecule has 0 aliphatic rings. The quantitative estimate of drug-likeness (QED) is 0.0588. The smallest absolute Gasteiger partial charge is 0.306 e. The summed E-state index contributed by atoms with van der Waals surface area (Å²) >= 11 is 0. The maximum absolute atomic E-state index is 12.7. The number of rotatable bonds is 33. The highest BCUT2D eigenvalue weighted by Crippen LogP contribution is 2.18. The molecule has 0 aliphatic carbocycles. The van der Waals surface area contributed by atoms with E-state index in [4.69, 9.17) is 9.47 Å². The molecule has 0 rings (SSSR count). The molecule has 0 aromatic heterocycles. The molecule has 0 fully saturated rings. The van der Waals surface area contributed by atoms with Gasteiger partial charge in [-0.1, -0.05) is 118 Å². The highest BCUT2D eigenvalue weighted by Gasteiger charge is 2.15. The standard InChI is InChI=1S/C37H73NO5/c1-5-7-9-11-15-19-25-35(26-20-16-12-10-8-6-2)43-37(41)28-22-24-30-38(31-32-39)29-23-18-14-13-17-21-27-36(40)42-33-34(3)4/h34-35,39H,5-33H2,1-4H3. The van der Waals surface area contributed by atoms with Crippen molar-refractivity contribution < 1.29 is 24.2 Å². The number of unbranched alkanes of at least 4 members (excludes halogenated alkanes) is 16. The second-order valence-electron chi connectivity index (χ2n) is 13.2. The fourth-order valence-electron chi connectivity index (χ4n) is 5.54. The largest absolute Gasteiger partial charge is 0.465 e. The van der Waals surface area contributed by atoms with Crippen molar-refractivity contribution in [1.29, 1.82) is 0 Å². The number of aliphatic hydroxyl groups is 1. The van der Waals surface area contributed by atoms with Crippen molar-refractivity contribution in [1.82, 2.24) is 4.90 Å². The molecule has 0 saturated carbocycles. The van der Waals surface area contributed by atoms with Crippen LogP contribution in [0, 0.1) is 5.92 Å².